The molecule has 0 aromatic rings. The van der Waals surface area contributed by atoms with E-state index in [1.165, 1.54) is 39.2 Å². The molecule has 1 rings (SSSR count). The Bertz CT molecular complexity index is 205. The number of allylic oxidation sites excluding steroid dienone is 1. The lowest BCUT2D eigenvalue weighted by Crippen LogP contribution is -2.06. The number of hydrogen-bond acceptors (Lipinski definition) is 2. The van der Waals surface area contributed by atoms with Crippen molar-refractivity contribution in [2.75, 3.05) is 7.11 Å². The Kier molecular flexibility index (Phi) is 4.50. The van der Waals surface area contributed by atoms with Crippen molar-refractivity contribution in [3.8, 4) is 0 Å². The highest BCUT2D eigenvalue weighted by molar-refractivity contribution is 9.12. The van der Waals surface area contributed by atoms with Gasteiger partial charge in [-0.05, 0) is 34.7 Å². The summed E-state index contributed by atoms with van der Waals surface area (Å²) in [7, 11) is 1.40. The topological polar surface area (TPSA) is 26.3 Å². The van der Waals surface area contributed by atoms with E-state index in [4.69, 9.17) is 0 Å². The Balaban J connectivity index is 2.47. The lowest BCUT2D eigenvalue weighted by atomic mass is 9.89. The van der Waals surface area contributed by atoms with Crippen molar-refractivity contribution in [2.24, 2.45) is 5.92 Å². The third-order valence-corrected chi connectivity index (χ3v) is 3.00. The van der Waals surface area contributed by atoms with Crippen molar-refractivity contribution >= 4 is 21.9 Å². The van der Waals surface area contributed by atoms with Crippen molar-refractivity contribution in [3.63, 3.8) is 0 Å². The van der Waals surface area contributed by atoms with Gasteiger partial charge in [-0.1, -0.05) is 25.3 Å². The number of ether oxygens (including phenoxy) is 1. The molecule has 0 saturated heterocycles. The predicted octanol–water partition coefficient (Wildman–Crippen LogP) is 3.02. The molecule has 0 amide bonds. The molecule has 0 spiro atoms. The fraction of sp³-hybridized carbons (Fsp3) is 0.700. The lowest BCUT2D eigenvalue weighted by Gasteiger charge is -2.18. The molecule has 1 saturated carbocycles. The molecule has 0 N–H and O–H groups in total. The number of hydrogen-bond donors (Lipinski definition) is 0. The SMILES string of the molecule is COC(=O)/C(Br)=C\C1CCCCC1. The van der Waals surface area contributed by atoms with E-state index in [0.717, 1.165) is 0 Å². The second-order valence-electron chi connectivity index (χ2n) is 3.40. The molecule has 1 aliphatic rings. The van der Waals surface area contributed by atoms with Gasteiger partial charge >= 0.3 is 5.97 Å². The average molecular weight is 247 g/mol. The van der Waals surface area contributed by atoms with Gasteiger partial charge in [0.1, 0.15) is 0 Å². The van der Waals surface area contributed by atoms with Crippen molar-refractivity contribution in [1.29, 1.82) is 0 Å². The highest BCUT2D eigenvalue weighted by atomic mass is 79.9. The maximum absolute atomic E-state index is 11.0. The number of halogens is 1. The first-order valence-corrected chi connectivity index (χ1v) is 5.49. The van der Waals surface area contributed by atoms with Crippen molar-refractivity contribution in [2.45, 2.75) is 32.1 Å². The van der Waals surface area contributed by atoms with E-state index in [1.54, 1.807) is 0 Å². The van der Waals surface area contributed by atoms with Gasteiger partial charge in [0.2, 0.25) is 0 Å². The second-order valence-corrected chi connectivity index (χ2v) is 4.26. The van der Waals surface area contributed by atoms with Gasteiger partial charge < -0.3 is 4.74 Å². The highest BCUT2D eigenvalue weighted by Crippen LogP contribution is 2.26. The van der Waals surface area contributed by atoms with Gasteiger partial charge in [-0.3, -0.25) is 0 Å². The first-order valence-electron chi connectivity index (χ1n) is 4.69. The fourth-order valence-electron chi connectivity index (χ4n) is 1.67. The molecule has 0 heterocycles. The number of carbonyl (C=O) groups is 1. The van der Waals surface area contributed by atoms with Crippen LogP contribution in [0.5, 0.6) is 0 Å². The molecule has 0 aromatic heterocycles. The first kappa shape index (κ1) is 10.8. The maximum atomic E-state index is 11.0. The second kappa shape index (κ2) is 5.43. The smallest absolute Gasteiger partial charge is 0.344 e. The molecule has 2 nitrogen and oxygen atoms in total. The van der Waals surface area contributed by atoms with Crippen molar-refractivity contribution in [1.82, 2.24) is 0 Å². The minimum atomic E-state index is -0.273. The van der Waals surface area contributed by atoms with E-state index in [2.05, 4.69) is 20.7 Å². The van der Waals surface area contributed by atoms with Crippen LogP contribution in [-0.2, 0) is 9.53 Å². The van der Waals surface area contributed by atoms with Crippen LogP contribution in [0.2, 0.25) is 0 Å². The van der Waals surface area contributed by atoms with Crippen LogP contribution in [0.25, 0.3) is 0 Å². The van der Waals surface area contributed by atoms with E-state index < -0.39 is 0 Å². The Morgan fingerprint density at radius 1 is 1.38 bits per heavy atom. The Hall–Kier alpha value is -0.310. The van der Waals surface area contributed by atoms with E-state index >= 15 is 0 Å². The Labute approximate surface area is 87.5 Å². The van der Waals surface area contributed by atoms with E-state index in [1.807, 2.05) is 6.08 Å². The quantitative estimate of drug-likeness (QED) is 0.553. The summed E-state index contributed by atoms with van der Waals surface area (Å²) in [5, 5.41) is 0. The van der Waals surface area contributed by atoms with Crippen LogP contribution in [-0.4, -0.2) is 13.1 Å². The van der Waals surface area contributed by atoms with Gasteiger partial charge in [0.25, 0.3) is 0 Å². The summed E-state index contributed by atoms with van der Waals surface area (Å²) >= 11 is 3.23. The van der Waals surface area contributed by atoms with Gasteiger partial charge in [0.05, 0.1) is 11.6 Å². The molecule has 0 unspecified atom stereocenters. The third-order valence-electron chi connectivity index (χ3n) is 2.41. The lowest BCUT2D eigenvalue weighted by molar-refractivity contribution is -0.135. The third kappa shape index (κ3) is 3.51. The molecule has 0 atom stereocenters. The fourth-order valence-corrected chi connectivity index (χ4v) is 2.21. The van der Waals surface area contributed by atoms with Gasteiger partial charge in [-0.15, -0.1) is 0 Å². The molecular weight excluding hydrogens is 232 g/mol. The van der Waals surface area contributed by atoms with Crippen LogP contribution in [0.1, 0.15) is 32.1 Å². The number of carbonyl (C=O) groups excluding carboxylic acids is 1. The van der Waals surface area contributed by atoms with Crippen LogP contribution in [0.4, 0.5) is 0 Å². The first-order chi connectivity index (χ1) is 6.24. The van der Waals surface area contributed by atoms with Crippen LogP contribution in [0, 0.1) is 5.92 Å². The van der Waals surface area contributed by atoms with Crippen LogP contribution < -0.4 is 0 Å². The van der Waals surface area contributed by atoms with E-state index in [9.17, 15) is 4.79 Å². The number of rotatable bonds is 2. The van der Waals surface area contributed by atoms with Crippen LogP contribution in [0.3, 0.4) is 0 Å². The Morgan fingerprint density at radius 3 is 2.54 bits per heavy atom. The van der Waals surface area contributed by atoms with Gasteiger partial charge in [-0.25, -0.2) is 4.79 Å². The number of methoxy groups -OCH3 is 1. The van der Waals surface area contributed by atoms with Gasteiger partial charge in [0.15, 0.2) is 0 Å². The minimum absolute atomic E-state index is 0.273. The molecule has 74 valence electrons. The molecule has 0 radical (unpaired) electrons. The van der Waals surface area contributed by atoms with E-state index in [-0.39, 0.29) is 5.97 Å². The zero-order chi connectivity index (χ0) is 9.68. The molecule has 3 heteroatoms. The normalized spacial score (nSPS) is 20.0. The molecule has 0 aromatic carbocycles. The summed E-state index contributed by atoms with van der Waals surface area (Å²) < 4.78 is 5.17. The summed E-state index contributed by atoms with van der Waals surface area (Å²) in [5.41, 5.74) is 0. The van der Waals surface area contributed by atoms with Gasteiger partial charge in [-0.2, -0.15) is 0 Å². The predicted molar refractivity (Wildman–Crippen MR) is 55.6 cm³/mol. The largest absolute Gasteiger partial charge is 0.465 e. The summed E-state index contributed by atoms with van der Waals surface area (Å²) in [5.74, 6) is 0.285. The van der Waals surface area contributed by atoms with E-state index in [0.29, 0.717) is 10.4 Å². The average Bonchev–Trinajstić information content (AvgIpc) is 2.18. The standard InChI is InChI=1S/C10H15BrO2/c1-13-10(12)9(11)7-8-5-3-2-4-6-8/h7-8H,2-6H2,1H3/b9-7+. The van der Waals surface area contributed by atoms with Gasteiger partial charge in [0, 0.05) is 0 Å². The highest BCUT2D eigenvalue weighted by Gasteiger charge is 2.14. The van der Waals surface area contributed by atoms with Crippen molar-refractivity contribution < 1.29 is 9.53 Å². The minimum Gasteiger partial charge on any atom is -0.465 e. The molecule has 0 bridgehead atoms. The monoisotopic (exact) mass is 246 g/mol. The summed E-state index contributed by atoms with van der Waals surface area (Å²) in [6.07, 6.45) is 8.29. The zero-order valence-corrected chi connectivity index (χ0v) is 9.47. The molecule has 1 fully saturated rings. The number of esters is 1. The molecule has 1 aliphatic carbocycles. The summed E-state index contributed by atoms with van der Waals surface area (Å²) in [4.78, 5) is 11.0. The zero-order valence-electron chi connectivity index (χ0n) is 7.88. The van der Waals surface area contributed by atoms with Crippen molar-refractivity contribution in [3.05, 3.63) is 10.6 Å². The molecular formula is C10H15BrO2. The summed E-state index contributed by atoms with van der Waals surface area (Å²) in [6, 6.07) is 0. The Morgan fingerprint density at radius 2 is 2.00 bits per heavy atom. The molecule has 0 aliphatic heterocycles. The maximum Gasteiger partial charge on any atom is 0.344 e. The van der Waals surface area contributed by atoms with Crippen LogP contribution in [0.15, 0.2) is 10.6 Å². The summed E-state index contributed by atoms with van der Waals surface area (Å²) in [6.45, 7) is 0. The molecule has 13 heavy (non-hydrogen) atoms. The van der Waals surface area contributed by atoms with Crippen LogP contribution >= 0.6 is 15.9 Å².